The average molecular weight is 337 g/mol. The smallest absolute Gasteiger partial charge is 0.230 e. The zero-order chi connectivity index (χ0) is 11.1. The van der Waals surface area contributed by atoms with E-state index in [1.165, 1.54) is 0 Å². The first-order valence-electron chi connectivity index (χ1n) is 3.02. The zero-order valence-electron chi connectivity index (χ0n) is 6.09. The van der Waals surface area contributed by atoms with Crippen LogP contribution in [0.3, 0.4) is 0 Å². The molecule has 2 nitrogen and oxygen atoms in total. The van der Waals surface area contributed by atoms with E-state index >= 15 is 0 Å². The summed E-state index contributed by atoms with van der Waals surface area (Å²) < 4.78 is -3.81. The number of aromatic nitrogens is 2. The van der Waals surface area contributed by atoms with Crippen LogP contribution in [-0.2, 0) is 4.33 Å². The standard InChI is InChI=1S/C5HCl7N2/c6-1-2(7)14-3(13-1)4(8,9)5(10,11)12/h(H,13,14). The molecule has 0 saturated heterocycles. The van der Waals surface area contributed by atoms with E-state index in [9.17, 15) is 0 Å². The number of rotatable bonds is 1. The Hall–Kier alpha value is 1.24. The second-order valence-electron chi connectivity index (χ2n) is 2.26. The molecule has 0 spiro atoms. The van der Waals surface area contributed by atoms with Crippen LogP contribution in [0.5, 0.6) is 0 Å². The fourth-order valence-electron chi connectivity index (χ4n) is 0.614. The van der Waals surface area contributed by atoms with Gasteiger partial charge in [-0.25, -0.2) is 4.98 Å². The van der Waals surface area contributed by atoms with Crippen LogP contribution >= 0.6 is 81.2 Å². The van der Waals surface area contributed by atoms with Gasteiger partial charge in [0.25, 0.3) is 0 Å². The molecule has 1 heterocycles. The minimum absolute atomic E-state index is 0.00147. The summed E-state index contributed by atoms with van der Waals surface area (Å²) in [5.41, 5.74) is 0. The molecule has 0 saturated carbocycles. The number of hydrogen-bond donors (Lipinski definition) is 1. The molecule has 1 aromatic rings. The summed E-state index contributed by atoms with van der Waals surface area (Å²) in [7, 11) is 0. The number of hydrogen-bond acceptors (Lipinski definition) is 1. The molecular weight excluding hydrogens is 336 g/mol. The third kappa shape index (κ3) is 2.49. The van der Waals surface area contributed by atoms with Crippen molar-refractivity contribution >= 4 is 81.2 Å². The molecule has 1 N–H and O–H groups in total. The van der Waals surface area contributed by atoms with Crippen molar-refractivity contribution in [2.24, 2.45) is 0 Å². The van der Waals surface area contributed by atoms with Crippen molar-refractivity contribution in [1.29, 1.82) is 0 Å². The van der Waals surface area contributed by atoms with Crippen LogP contribution in [0.15, 0.2) is 0 Å². The third-order valence-corrected chi connectivity index (χ3v) is 4.27. The Labute approximate surface area is 115 Å². The van der Waals surface area contributed by atoms with E-state index in [2.05, 4.69) is 9.97 Å². The molecule has 0 aliphatic rings. The van der Waals surface area contributed by atoms with Gasteiger partial charge in [-0.2, -0.15) is 0 Å². The average Bonchev–Trinajstić information content (AvgIpc) is 2.30. The summed E-state index contributed by atoms with van der Waals surface area (Å²) in [6.45, 7) is 0. The summed E-state index contributed by atoms with van der Waals surface area (Å²) in [4.78, 5) is 6.21. The molecule has 0 aliphatic carbocycles. The van der Waals surface area contributed by atoms with E-state index in [4.69, 9.17) is 81.2 Å². The van der Waals surface area contributed by atoms with Crippen molar-refractivity contribution in [2.45, 2.75) is 8.13 Å². The fourth-order valence-corrected chi connectivity index (χ4v) is 1.32. The third-order valence-electron chi connectivity index (χ3n) is 1.27. The van der Waals surface area contributed by atoms with Crippen LogP contribution in [-0.4, -0.2) is 13.8 Å². The van der Waals surface area contributed by atoms with Crippen molar-refractivity contribution < 1.29 is 0 Å². The van der Waals surface area contributed by atoms with Crippen LogP contribution in [0.25, 0.3) is 0 Å². The number of alkyl halides is 5. The van der Waals surface area contributed by atoms with Gasteiger partial charge in [0.2, 0.25) is 8.13 Å². The highest BCUT2D eigenvalue weighted by molar-refractivity contribution is 6.75. The van der Waals surface area contributed by atoms with Gasteiger partial charge in [0.1, 0.15) is 11.0 Å². The second-order valence-corrected chi connectivity index (χ2v) is 6.61. The molecule has 0 amide bonds. The summed E-state index contributed by atoms with van der Waals surface area (Å²) >= 11 is 39.3. The Balaban J connectivity index is 3.16. The molecule has 0 aliphatic heterocycles. The van der Waals surface area contributed by atoms with Crippen LogP contribution in [0.1, 0.15) is 5.82 Å². The second kappa shape index (κ2) is 4.25. The van der Waals surface area contributed by atoms with Gasteiger partial charge in [0.15, 0.2) is 5.15 Å². The van der Waals surface area contributed by atoms with Crippen molar-refractivity contribution in [1.82, 2.24) is 9.97 Å². The van der Waals surface area contributed by atoms with E-state index in [0.29, 0.717) is 0 Å². The Bertz CT molecular complexity index is 319. The van der Waals surface area contributed by atoms with E-state index in [1.54, 1.807) is 0 Å². The lowest BCUT2D eigenvalue weighted by Crippen LogP contribution is -2.29. The predicted molar refractivity (Wildman–Crippen MR) is 62.3 cm³/mol. The minimum Gasteiger partial charge on any atom is -0.329 e. The SMILES string of the molecule is Clc1nc(C(Cl)(Cl)C(Cl)(Cl)Cl)[nH]c1Cl. The first-order valence-corrected chi connectivity index (χ1v) is 5.67. The van der Waals surface area contributed by atoms with Crippen LogP contribution in [0.2, 0.25) is 10.3 Å². The molecule has 0 aromatic carbocycles. The first-order chi connectivity index (χ1) is 6.16. The molecule has 14 heavy (non-hydrogen) atoms. The number of aromatic amines is 1. The lowest BCUT2D eigenvalue weighted by atomic mass is 10.4. The number of imidazole rings is 1. The van der Waals surface area contributed by atoms with Crippen LogP contribution in [0.4, 0.5) is 0 Å². The summed E-state index contributed by atoms with van der Waals surface area (Å²) in [5, 5.41) is 0.0724. The maximum atomic E-state index is 5.78. The van der Waals surface area contributed by atoms with Crippen molar-refractivity contribution in [3.63, 3.8) is 0 Å². The van der Waals surface area contributed by atoms with Gasteiger partial charge in [0, 0.05) is 0 Å². The van der Waals surface area contributed by atoms with Gasteiger partial charge in [-0.15, -0.1) is 0 Å². The molecular formula is C5HCl7N2. The van der Waals surface area contributed by atoms with Crippen LogP contribution < -0.4 is 0 Å². The molecule has 0 fully saturated rings. The predicted octanol–water partition coefficient (Wildman–Crippen LogP) is 4.72. The van der Waals surface area contributed by atoms with Gasteiger partial charge in [-0.05, 0) is 0 Å². The van der Waals surface area contributed by atoms with Gasteiger partial charge in [0.05, 0.1) is 0 Å². The fraction of sp³-hybridized carbons (Fsp3) is 0.400. The Morgan fingerprint density at radius 2 is 1.50 bits per heavy atom. The Kier molecular flexibility index (Phi) is 4.04. The molecule has 0 radical (unpaired) electrons. The topological polar surface area (TPSA) is 28.7 Å². The number of H-pyrrole nitrogens is 1. The number of nitrogens with zero attached hydrogens (tertiary/aromatic N) is 1. The van der Waals surface area contributed by atoms with E-state index in [1.807, 2.05) is 0 Å². The molecule has 9 heteroatoms. The Morgan fingerprint density at radius 1 is 1.00 bits per heavy atom. The molecule has 1 aromatic heterocycles. The first kappa shape index (κ1) is 13.3. The monoisotopic (exact) mass is 334 g/mol. The van der Waals surface area contributed by atoms with Crippen molar-refractivity contribution in [3.05, 3.63) is 16.1 Å². The molecule has 1 rings (SSSR count). The quantitative estimate of drug-likeness (QED) is 0.738. The van der Waals surface area contributed by atoms with Crippen molar-refractivity contribution in [2.75, 3.05) is 0 Å². The molecule has 0 bridgehead atoms. The summed E-state index contributed by atoms with van der Waals surface area (Å²) in [5.74, 6) is -0.0316. The highest BCUT2D eigenvalue weighted by Gasteiger charge is 2.50. The number of halogens is 7. The van der Waals surface area contributed by atoms with E-state index in [0.717, 1.165) is 0 Å². The number of nitrogens with one attached hydrogen (secondary N) is 1. The van der Waals surface area contributed by atoms with Gasteiger partial charge < -0.3 is 4.98 Å². The van der Waals surface area contributed by atoms with Gasteiger partial charge in [-0.3, -0.25) is 0 Å². The largest absolute Gasteiger partial charge is 0.329 e. The lowest BCUT2D eigenvalue weighted by Gasteiger charge is -2.24. The lowest BCUT2D eigenvalue weighted by molar-refractivity contribution is 0.805. The van der Waals surface area contributed by atoms with Crippen molar-refractivity contribution in [3.8, 4) is 0 Å². The van der Waals surface area contributed by atoms with E-state index < -0.39 is 8.13 Å². The highest BCUT2D eigenvalue weighted by Crippen LogP contribution is 2.52. The molecule has 0 atom stereocenters. The zero-order valence-corrected chi connectivity index (χ0v) is 11.4. The summed E-state index contributed by atoms with van der Waals surface area (Å²) in [6, 6.07) is 0. The molecule has 80 valence electrons. The minimum atomic E-state index is -1.96. The molecule has 0 unspecified atom stereocenters. The summed E-state index contributed by atoms with van der Waals surface area (Å²) in [6.07, 6.45) is 0. The maximum absolute atomic E-state index is 5.78. The van der Waals surface area contributed by atoms with Gasteiger partial charge in [-0.1, -0.05) is 81.2 Å². The highest BCUT2D eigenvalue weighted by atomic mass is 35.6. The van der Waals surface area contributed by atoms with Gasteiger partial charge >= 0.3 is 0 Å². The van der Waals surface area contributed by atoms with E-state index in [-0.39, 0.29) is 16.1 Å². The normalized spacial score (nSPS) is 13.4. The van der Waals surface area contributed by atoms with Crippen LogP contribution in [0, 0.1) is 0 Å². The maximum Gasteiger partial charge on any atom is 0.230 e. The Morgan fingerprint density at radius 3 is 1.79 bits per heavy atom.